The van der Waals surface area contributed by atoms with E-state index in [1.807, 2.05) is 0 Å². The third-order valence-corrected chi connectivity index (χ3v) is 2.40. The summed E-state index contributed by atoms with van der Waals surface area (Å²) < 4.78 is 5.53. The molecule has 1 saturated heterocycles. The Balaban J connectivity index is 2.35. The molecule has 2 rings (SSSR count). The van der Waals surface area contributed by atoms with Crippen LogP contribution in [0.25, 0.3) is 0 Å². The molecule has 2 heterocycles. The Kier molecular flexibility index (Phi) is 1.19. The SMILES string of the molecule is O=C1OCCC12CCC=[N+]2[O-]. The molecule has 4 heteroatoms. The molecular formula is C7H9NO3. The summed E-state index contributed by atoms with van der Waals surface area (Å²) >= 11 is 0. The van der Waals surface area contributed by atoms with Crippen LogP contribution in [0.2, 0.25) is 0 Å². The number of hydrogen-bond acceptors (Lipinski definition) is 3. The number of cyclic esters (lactones) is 1. The summed E-state index contributed by atoms with van der Waals surface area (Å²) in [5, 5.41) is 11.2. The van der Waals surface area contributed by atoms with E-state index >= 15 is 0 Å². The Morgan fingerprint density at radius 3 is 2.91 bits per heavy atom. The molecule has 0 amide bonds. The quantitative estimate of drug-likeness (QED) is 0.282. The van der Waals surface area contributed by atoms with Gasteiger partial charge in [0.15, 0.2) is 6.21 Å². The summed E-state index contributed by atoms with van der Waals surface area (Å²) in [6, 6.07) is 0. The molecule has 1 spiro atoms. The molecule has 1 atom stereocenters. The van der Waals surface area contributed by atoms with Gasteiger partial charge < -0.3 is 9.94 Å². The van der Waals surface area contributed by atoms with E-state index < -0.39 is 5.54 Å². The average Bonchev–Trinajstić information content (AvgIpc) is 2.48. The van der Waals surface area contributed by atoms with Gasteiger partial charge in [0, 0.05) is 12.8 Å². The van der Waals surface area contributed by atoms with E-state index in [9.17, 15) is 10.0 Å². The Bertz CT molecular complexity index is 236. The van der Waals surface area contributed by atoms with Crippen LogP contribution in [0.3, 0.4) is 0 Å². The van der Waals surface area contributed by atoms with Gasteiger partial charge in [-0.2, -0.15) is 4.74 Å². The summed E-state index contributed by atoms with van der Waals surface area (Å²) in [4.78, 5) is 11.1. The van der Waals surface area contributed by atoms with Gasteiger partial charge in [-0.25, -0.2) is 4.79 Å². The molecule has 0 aliphatic carbocycles. The number of nitrogens with zero attached hydrogens (tertiary/aromatic N) is 1. The van der Waals surface area contributed by atoms with Gasteiger partial charge in [-0.15, -0.1) is 0 Å². The number of rotatable bonds is 0. The standard InChI is InChI=1S/C7H9NO3/c9-6-7(3-5-11-6)2-1-4-8(7)10/h4H,1-3,5H2. The third kappa shape index (κ3) is 0.692. The zero-order chi connectivity index (χ0) is 7.90. The lowest BCUT2D eigenvalue weighted by molar-refractivity contribution is -0.518. The predicted molar refractivity (Wildman–Crippen MR) is 37.2 cm³/mol. The highest BCUT2D eigenvalue weighted by Crippen LogP contribution is 2.31. The van der Waals surface area contributed by atoms with Crippen molar-refractivity contribution in [2.24, 2.45) is 0 Å². The average molecular weight is 155 g/mol. The van der Waals surface area contributed by atoms with Crippen molar-refractivity contribution in [1.82, 2.24) is 0 Å². The number of carbonyl (C=O) groups is 1. The van der Waals surface area contributed by atoms with Gasteiger partial charge in [0.05, 0.1) is 13.0 Å². The molecule has 0 radical (unpaired) electrons. The smallest absolute Gasteiger partial charge is 0.380 e. The minimum absolute atomic E-state index is 0.346. The van der Waals surface area contributed by atoms with Gasteiger partial charge in [0.1, 0.15) is 0 Å². The number of hydroxylamine groups is 1. The lowest BCUT2D eigenvalue weighted by atomic mass is 9.95. The number of carbonyl (C=O) groups excluding carboxylic acids is 1. The number of esters is 1. The van der Waals surface area contributed by atoms with Crippen molar-refractivity contribution < 1.29 is 14.3 Å². The first kappa shape index (κ1) is 6.64. The minimum Gasteiger partial charge on any atom is -0.623 e. The maximum absolute atomic E-state index is 11.2. The highest BCUT2D eigenvalue weighted by Gasteiger charge is 2.54. The van der Waals surface area contributed by atoms with E-state index in [2.05, 4.69) is 0 Å². The van der Waals surface area contributed by atoms with Crippen LogP contribution in [-0.4, -0.2) is 29.1 Å². The van der Waals surface area contributed by atoms with Gasteiger partial charge in [0.2, 0.25) is 0 Å². The summed E-state index contributed by atoms with van der Waals surface area (Å²) in [6.07, 6.45) is 3.38. The number of ether oxygens (including phenoxy) is 1. The molecule has 0 N–H and O–H groups in total. The normalized spacial score (nSPS) is 36.0. The highest BCUT2D eigenvalue weighted by molar-refractivity contribution is 5.83. The van der Waals surface area contributed by atoms with Gasteiger partial charge in [0.25, 0.3) is 5.54 Å². The van der Waals surface area contributed by atoms with E-state index in [0.29, 0.717) is 25.9 Å². The van der Waals surface area contributed by atoms with Crippen LogP contribution in [0.1, 0.15) is 19.3 Å². The molecular weight excluding hydrogens is 146 g/mol. The zero-order valence-corrected chi connectivity index (χ0v) is 6.08. The number of hydrogen-bond donors (Lipinski definition) is 0. The topological polar surface area (TPSA) is 52.4 Å². The van der Waals surface area contributed by atoms with Crippen LogP contribution in [0.5, 0.6) is 0 Å². The molecule has 0 bridgehead atoms. The Hall–Kier alpha value is -1.06. The molecule has 2 aliphatic heterocycles. The second-order valence-corrected chi connectivity index (χ2v) is 2.96. The van der Waals surface area contributed by atoms with Crippen molar-refractivity contribution in [3.05, 3.63) is 5.21 Å². The monoisotopic (exact) mass is 155 g/mol. The molecule has 60 valence electrons. The molecule has 0 aromatic rings. The summed E-state index contributed by atoms with van der Waals surface area (Å²) in [7, 11) is 0. The van der Waals surface area contributed by atoms with E-state index in [1.165, 1.54) is 6.21 Å². The van der Waals surface area contributed by atoms with Crippen LogP contribution in [0.15, 0.2) is 0 Å². The van der Waals surface area contributed by atoms with Crippen molar-refractivity contribution in [2.45, 2.75) is 24.8 Å². The molecule has 0 aromatic carbocycles. The molecule has 4 nitrogen and oxygen atoms in total. The molecule has 0 saturated carbocycles. The van der Waals surface area contributed by atoms with Crippen molar-refractivity contribution in [3.8, 4) is 0 Å². The fourth-order valence-electron chi connectivity index (χ4n) is 1.68. The largest absolute Gasteiger partial charge is 0.623 e. The van der Waals surface area contributed by atoms with E-state index in [-0.39, 0.29) is 5.97 Å². The molecule has 1 unspecified atom stereocenters. The Morgan fingerprint density at radius 2 is 2.45 bits per heavy atom. The molecule has 2 aliphatic rings. The van der Waals surface area contributed by atoms with Crippen molar-refractivity contribution in [2.75, 3.05) is 6.61 Å². The summed E-state index contributed by atoms with van der Waals surface area (Å²) in [5.41, 5.74) is -0.833. The van der Waals surface area contributed by atoms with Gasteiger partial charge in [-0.05, 0) is 0 Å². The van der Waals surface area contributed by atoms with Crippen LogP contribution >= 0.6 is 0 Å². The van der Waals surface area contributed by atoms with Crippen LogP contribution < -0.4 is 0 Å². The Morgan fingerprint density at radius 1 is 1.64 bits per heavy atom. The van der Waals surface area contributed by atoms with E-state index in [1.54, 1.807) is 0 Å². The second kappa shape index (κ2) is 1.96. The van der Waals surface area contributed by atoms with Crippen LogP contribution in [0.4, 0.5) is 0 Å². The third-order valence-electron chi connectivity index (χ3n) is 2.40. The Labute approximate surface area is 64.0 Å². The second-order valence-electron chi connectivity index (χ2n) is 2.96. The fourth-order valence-corrected chi connectivity index (χ4v) is 1.68. The first-order valence-corrected chi connectivity index (χ1v) is 3.73. The van der Waals surface area contributed by atoms with Gasteiger partial charge in [-0.1, -0.05) is 0 Å². The fraction of sp³-hybridized carbons (Fsp3) is 0.714. The lowest BCUT2D eigenvalue weighted by Crippen LogP contribution is -2.40. The van der Waals surface area contributed by atoms with Gasteiger partial charge in [-0.3, -0.25) is 0 Å². The van der Waals surface area contributed by atoms with E-state index in [0.717, 1.165) is 4.74 Å². The van der Waals surface area contributed by atoms with Crippen LogP contribution in [0, 0.1) is 5.21 Å². The van der Waals surface area contributed by atoms with Crippen LogP contribution in [-0.2, 0) is 9.53 Å². The molecule has 11 heavy (non-hydrogen) atoms. The molecule has 1 fully saturated rings. The molecule has 0 aromatic heterocycles. The summed E-state index contributed by atoms with van der Waals surface area (Å²) in [5.74, 6) is -0.346. The zero-order valence-electron chi connectivity index (χ0n) is 6.08. The summed E-state index contributed by atoms with van der Waals surface area (Å²) in [6.45, 7) is 0.394. The first-order chi connectivity index (χ1) is 5.26. The minimum atomic E-state index is -0.833. The van der Waals surface area contributed by atoms with Crippen molar-refractivity contribution in [3.63, 3.8) is 0 Å². The van der Waals surface area contributed by atoms with Gasteiger partial charge >= 0.3 is 5.97 Å². The maximum atomic E-state index is 11.2. The van der Waals surface area contributed by atoms with Crippen molar-refractivity contribution >= 4 is 12.2 Å². The maximum Gasteiger partial charge on any atom is 0.380 e. The first-order valence-electron chi connectivity index (χ1n) is 3.73. The highest BCUT2D eigenvalue weighted by atomic mass is 16.6. The predicted octanol–water partition coefficient (Wildman–Crippen LogP) is 0.0470. The van der Waals surface area contributed by atoms with E-state index in [4.69, 9.17) is 4.74 Å². The van der Waals surface area contributed by atoms with Crippen molar-refractivity contribution in [1.29, 1.82) is 0 Å². The lowest BCUT2D eigenvalue weighted by Gasteiger charge is -2.16.